The van der Waals surface area contributed by atoms with Crippen molar-refractivity contribution < 1.29 is 13.2 Å². The second-order valence-corrected chi connectivity index (χ2v) is 8.50. The lowest BCUT2D eigenvalue weighted by atomic mass is 10.4. The van der Waals surface area contributed by atoms with E-state index < -0.39 is 10.0 Å². The number of nitrogens with one attached hydrogen (secondary N) is 2. The van der Waals surface area contributed by atoms with E-state index in [1.165, 1.54) is 17.1 Å². The van der Waals surface area contributed by atoms with Crippen molar-refractivity contribution in [1.82, 2.24) is 14.9 Å². The SMILES string of the molecule is CCNC(=NCCCOCC1CC1)NCCCN(C)S(=O)(=O)CC. The fourth-order valence-corrected chi connectivity index (χ4v) is 2.95. The molecule has 0 aliphatic heterocycles. The molecule has 0 aromatic carbocycles. The van der Waals surface area contributed by atoms with Crippen LogP contribution in [0.15, 0.2) is 4.99 Å². The Morgan fingerprint density at radius 3 is 2.62 bits per heavy atom. The summed E-state index contributed by atoms with van der Waals surface area (Å²) in [7, 11) is -1.46. The van der Waals surface area contributed by atoms with Crippen molar-refractivity contribution in [2.45, 2.75) is 39.5 Å². The number of hydrogen-bond acceptors (Lipinski definition) is 4. The van der Waals surface area contributed by atoms with Gasteiger partial charge in [-0.05, 0) is 45.4 Å². The third-order valence-electron chi connectivity index (χ3n) is 3.89. The topological polar surface area (TPSA) is 83.0 Å². The number of sulfonamides is 1. The summed E-state index contributed by atoms with van der Waals surface area (Å²) in [6.07, 6.45) is 4.30. The molecule has 142 valence electrons. The second kappa shape index (κ2) is 11.7. The van der Waals surface area contributed by atoms with Crippen LogP contribution >= 0.6 is 0 Å². The zero-order chi connectivity index (χ0) is 17.8. The van der Waals surface area contributed by atoms with Crippen molar-refractivity contribution in [3.05, 3.63) is 0 Å². The van der Waals surface area contributed by atoms with Gasteiger partial charge < -0.3 is 15.4 Å². The van der Waals surface area contributed by atoms with Gasteiger partial charge in [-0.3, -0.25) is 4.99 Å². The van der Waals surface area contributed by atoms with Crippen LogP contribution in [0.1, 0.15) is 39.5 Å². The van der Waals surface area contributed by atoms with Gasteiger partial charge in [0.2, 0.25) is 10.0 Å². The first-order chi connectivity index (χ1) is 11.5. The molecule has 1 fully saturated rings. The first kappa shape index (κ1) is 21.2. The molecule has 0 aromatic heterocycles. The van der Waals surface area contributed by atoms with E-state index in [2.05, 4.69) is 15.6 Å². The third-order valence-corrected chi connectivity index (χ3v) is 5.76. The highest BCUT2D eigenvalue weighted by Crippen LogP contribution is 2.28. The molecule has 0 atom stereocenters. The maximum absolute atomic E-state index is 11.7. The molecule has 0 unspecified atom stereocenters. The molecule has 0 heterocycles. The Morgan fingerprint density at radius 1 is 1.25 bits per heavy atom. The fraction of sp³-hybridized carbons (Fsp3) is 0.938. The van der Waals surface area contributed by atoms with Crippen molar-refractivity contribution in [2.24, 2.45) is 10.9 Å². The molecule has 0 saturated heterocycles. The van der Waals surface area contributed by atoms with Gasteiger partial charge in [0.1, 0.15) is 0 Å². The van der Waals surface area contributed by atoms with Gasteiger partial charge in [0.05, 0.1) is 5.75 Å². The number of rotatable bonds is 13. The van der Waals surface area contributed by atoms with Crippen LogP contribution in [0.3, 0.4) is 0 Å². The van der Waals surface area contributed by atoms with E-state index in [0.717, 1.165) is 51.0 Å². The van der Waals surface area contributed by atoms with Gasteiger partial charge >= 0.3 is 0 Å². The van der Waals surface area contributed by atoms with Gasteiger partial charge in [0.25, 0.3) is 0 Å². The van der Waals surface area contributed by atoms with Gasteiger partial charge in [-0.1, -0.05) is 0 Å². The predicted octanol–water partition coefficient (Wildman–Crippen LogP) is 1.03. The van der Waals surface area contributed by atoms with Crippen LogP contribution in [0.25, 0.3) is 0 Å². The highest BCUT2D eigenvalue weighted by atomic mass is 32.2. The molecular formula is C16H34N4O3S. The van der Waals surface area contributed by atoms with E-state index in [-0.39, 0.29) is 5.75 Å². The van der Waals surface area contributed by atoms with Gasteiger partial charge in [-0.25, -0.2) is 12.7 Å². The molecule has 0 spiro atoms. The normalized spacial score (nSPS) is 15.8. The van der Waals surface area contributed by atoms with Gasteiger partial charge in [0, 0.05) is 46.4 Å². The van der Waals surface area contributed by atoms with E-state index in [1.54, 1.807) is 14.0 Å². The van der Waals surface area contributed by atoms with Crippen molar-refractivity contribution in [3.8, 4) is 0 Å². The molecule has 1 aliphatic carbocycles. The Bertz CT molecular complexity index is 464. The summed E-state index contributed by atoms with van der Waals surface area (Å²) in [5.41, 5.74) is 0. The van der Waals surface area contributed by atoms with Crippen molar-refractivity contribution in [1.29, 1.82) is 0 Å². The lowest BCUT2D eigenvalue weighted by Crippen LogP contribution is -2.39. The Labute approximate surface area is 147 Å². The van der Waals surface area contributed by atoms with Crippen LogP contribution < -0.4 is 10.6 Å². The lowest BCUT2D eigenvalue weighted by molar-refractivity contribution is 0.123. The molecule has 0 bridgehead atoms. The molecule has 7 nitrogen and oxygen atoms in total. The van der Waals surface area contributed by atoms with Crippen molar-refractivity contribution in [2.75, 3.05) is 52.2 Å². The molecule has 0 amide bonds. The van der Waals surface area contributed by atoms with E-state index in [4.69, 9.17) is 4.74 Å². The average Bonchev–Trinajstić information content (AvgIpc) is 3.38. The van der Waals surface area contributed by atoms with Gasteiger partial charge in [-0.2, -0.15) is 0 Å². The fourth-order valence-electron chi connectivity index (χ4n) is 2.10. The van der Waals surface area contributed by atoms with E-state index >= 15 is 0 Å². The largest absolute Gasteiger partial charge is 0.381 e. The first-order valence-corrected chi connectivity index (χ1v) is 10.6. The standard InChI is InChI=1S/C16H34N4O3S/c1-4-17-16(19-11-7-13-23-14-15-8-9-15)18-10-6-12-20(3)24(21,22)5-2/h15H,4-14H2,1-3H3,(H2,17,18,19). The molecule has 0 aromatic rings. The summed E-state index contributed by atoms with van der Waals surface area (Å²) in [6, 6.07) is 0. The molecule has 24 heavy (non-hydrogen) atoms. The molecule has 8 heteroatoms. The number of ether oxygens (including phenoxy) is 1. The number of aliphatic imine (C=N–C) groups is 1. The minimum Gasteiger partial charge on any atom is -0.381 e. The molecular weight excluding hydrogens is 328 g/mol. The number of guanidine groups is 1. The van der Waals surface area contributed by atoms with Crippen LogP contribution in [0.5, 0.6) is 0 Å². The summed E-state index contributed by atoms with van der Waals surface area (Å²) >= 11 is 0. The van der Waals surface area contributed by atoms with Crippen molar-refractivity contribution in [3.63, 3.8) is 0 Å². The maximum atomic E-state index is 11.7. The molecule has 0 radical (unpaired) electrons. The quantitative estimate of drug-likeness (QED) is 0.290. The Balaban J connectivity index is 2.15. The summed E-state index contributed by atoms with van der Waals surface area (Å²) < 4.78 is 30.3. The summed E-state index contributed by atoms with van der Waals surface area (Å²) in [4.78, 5) is 4.51. The van der Waals surface area contributed by atoms with Crippen molar-refractivity contribution >= 4 is 16.0 Å². The van der Waals surface area contributed by atoms with Crippen LogP contribution in [-0.4, -0.2) is 70.9 Å². The van der Waals surface area contributed by atoms with Gasteiger partial charge in [-0.15, -0.1) is 0 Å². The van der Waals surface area contributed by atoms with E-state index in [9.17, 15) is 8.42 Å². The summed E-state index contributed by atoms with van der Waals surface area (Å²) in [5.74, 6) is 1.73. The van der Waals surface area contributed by atoms with Crippen LogP contribution in [0.4, 0.5) is 0 Å². The van der Waals surface area contributed by atoms with Crippen LogP contribution in [0.2, 0.25) is 0 Å². The zero-order valence-corrected chi connectivity index (χ0v) is 16.2. The smallest absolute Gasteiger partial charge is 0.213 e. The Morgan fingerprint density at radius 2 is 2.00 bits per heavy atom. The lowest BCUT2D eigenvalue weighted by Gasteiger charge is -2.16. The molecule has 2 N–H and O–H groups in total. The van der Waals surface area contributed by atoms with Crippen LogP contribution in [-0.2, 0) is 14.8 Å². The van der Waals surface area contributed by atoms with Crippen LogP contribution in [0, 0.1) is 5.92 Å². The monoisotopic (exact) mass is 362 g/mol. The van der Waals surface area contributed by atoms with E-state index in [0.29, 0.717) is 13.1 Å². The van der Waals surface area contributed by atoms with E-state index in [1.807, 2.05) is 6.92 Å². The number of nitrogens with zero attached hydrogens (tertiary/aromatic N) is 2. The van der Waals surface area contributed by atoms with Gasteiger partial charge in [0.15, 0.2) is 5.96 Å². The maximum Gasteiger partial charge on any atom is 0.213 e. The first-order valence-electron chi connectivity index (χ1n) is 9.03. The minimum atomic E-state index is -3.09. The highest BCUT2D eigenvalue weighted by molar-refractivity contribution is 7.89. The predicted molar refractivity (Wildman–Crippen MR) is 98.8 cm³/mol. The third kappa shape index (κ3) is 9.44. The Kier molecular flexibility index (Phi) is 10.3. The number of hydrogen-bond donors (Lipinski definition) is 2. The molecule has 1 rings (SSSR count). The molecule has 1 aliphatic rings. The molecule has 1 saturated carbocycles. The highest BCUT2D eigenvalue weighted by Gasteiger charge is 2.20. The summed E-state index contributed by atoms with van der Waals surface area (Å²) in [6.45, 7) is 8.07. The minimum absolute atomic E-state index is 0.143. The Hall–Kier alpha value is -0.860. The average molecular weight is 363 g/mol. The second-order valence-electron chi connectivity index (χ2n) is 6.13. The zero-order valence-electron chi connectivity index (χ0n) is 15.4. The summed E-state index contributed by atoms with van der Waals surface area (Å²) in [5, 5.41) is 6.44.